The number of hydrogen-bond acceptors (Lipinski definition) is 3. The van der Waals surface area contributed by atoms with Crippen LogP contribution in [-0.4, -0.2) is 24.1 Å². The number of ketones is 1. The molecule has 0 atom stereocenters. The summed E-state index contributed by atoms with van der Waals surface area (Å²) in [5, 5.41) is 11.1. The summed E-state index contributed by atoms with van der Waals surface area (Å²) in [5.74, 6) is -0.411. The van der Waals surface area contributed by atoms with Gasteiger partial charge in [0.15, 0.2) is 5.78 Å². The number of allylic oxidation sites excluding steroid dienone is 3. The van der Waals surface area contributed by atoms with Crippen molar-refractivity contribution >= 4 is 28.9 Å². The Kier molecular flexibility index (Phi) is 7.67. The van der Waals surface area contributed by atoms with Crippen molar-refractivity contribution in [3.05, 3.63) is 65.8 Å². The van der Waals surface area contributed by atoms with E-state index in [1.807, 2.05) is 6.07 Å². The summed E-state index contributed by atoms with van der Waals surface area (Å²) in [4.78, 5) is 24.5. The predicted molar refractivity (Wildman–Crippen MR) is 96.7 cm³/mol. The van der Waals surface area contributed by atoms with E-state index in [1.165, 1.54) is 6.08 Å². The van der Waals surface area contributed by atoms with E-state index in [4.69, 9.17) is 16.9 Å². The van der Waals surface area contributed by atoms with Crippen LogP contribution >= 0.6 is 11.6 Å². The highest BCUT2D eigenvalue weighted by Gasteiger charge is 2.15. The largest absolute Gasteiger partial charge is 0.351 e. The van der Waals surface area contributed by atoms with E-state index in [0.717, 1.165) is 0 Å². The highest BCUT2D eigenvalue weighted by atomic mass is 35.5. The second-order valence-corrected chi connectivity index (χ2v) is 5.40. The maximum absolute atomic E-state index is 12.6. The summed E-state index contributed by atoms with van der Waals surface area (Å²) in [7, 11) is 0. The van der Waals surface area contributed by atoms with Gasteiger partial charge in [-0.25, -0.2) is 0 Å². The number of nitriles is 1. The minimum atomic E-state index is -0.336. The molecule has 0 spiro atoms. The Hall–Kier alpha value is -2.64. The van der Waals surface area contributed by atoms with E-state index >= 15 is 0 Å². The predicted octanol–water partition coefficient (Wildman–Crippen LogP) is 3.65. The van der Waals surface area contributed by atoms with E-state index in [0.29, 0.717) is 22.3 Å². The first-order valence-corrected chi connectivity index (χ1v) is 7.86. The molecule has 0 unspecified atom stereocenters. The van der Waals surface area contributed by atoms with Crippen LogP contribution in [0.2, 0.25) is 0 Å². The number of Topliss-reactive ketones (excluding diaryl/α,β-unsaturated/α-hetero) is 1. The number of rotatable bonds is 8. The highest BCUT2D eigenvalue weighted by molar-refractivity contribution is 6.24. The third kappa shape index (κ3) is 5.22. The van der Waals surface area contributed by atoms with Crippen LogP contribution in [0.5, 0.6) is 0 Å². The van der Waals surface area contributed by atoms with Crippen LogP contribution in [-0.2, 0) is 4.79 Å². The molecule has 124 valence electrons. The standard InChI is InChI=1S/C19H19ClN2O2/c1-13(11-14(2)19(24)22-10-6-9-21)18(23)17-8-5-4-7-16(17)15(3)12-20/h4-5,7-8,11H,1,3,6,10,12H2,2H3,(H,22,24)/b14-11+. The number of halogens is 1. The molecule has 1 N–H and O–H groups in total. The lowest BCUT2D eigenvalue weighted by Crippen LogP contribution is -2.25. The van der Waals surface area contributed by atoms with Gasteiger partial charge in [-0.15, -0.1) is 11.6 Å². The number of nitrogens with zero attached hydrogens (tertiary/aromatic N) is 1. The van der Waals surface area contributed by atoms with Crippen LogP contribution < -0.4 is 5.32 Å². The molecule has 0 aliphatic carbocycles. The lowest BCUT2D eigenvalue weighted by atomic mass is 9.95. The van der Waals surface area contributed by atoms with Crippen LogP contribution in [0.25, 0.3) is 5.57 Å². The molecule has 0 radical (unpaired) electrons. The first kappa shape index (κ1) is 19.4. The molecule has 1 aromatic carbocycles. The summed E-state index contributed by atoms with van der Waals surface area (Å²) in [6.07, 6.45) is 1.66. The zero-order valence-corrected chi connectivity index (χ0v) is 14.3. The van der Waals surface area contributed by atoms with E-state index < -0.39 is 0 Å². The molecule has 0 heterocycles. The number of amides is 1. The first-order valence-electron chi connectivity index (χ1n) is 7.32. The Labute approximate surface area is 147 Å². The van der Waals surface area contributed by atoms with Crippen molar-refractivity contribution in [1.29, 1.82) is 5.26 Å². The molecule has 1 amide bonds. The van der Waals surface area contributed by atoms with Gasteiger partial charge in [-0.2, -0.15) is 5.26 Å². The number of alkyl halides is 1. The number of carbonyl (C=O) groups excluding carboxylic acids is 2. The molecule has 0 aliphatic rings. The van der Waals surface area contributed by atoms with Crippen molar-refractivity contribution in [3.8, 4) is 6.07 Å². The van der Waals surface area contributed by atoms with Crippen LogP contribution in [0.1, 0.15) is 29.3 Å². The molecule has 0 fully saturated rings. The molecule has 5 heteroatoms. The fourth-order valence-corrected chi connectivity index (χ4v) is 2.14. The second-order valence-electron chi connectivity index (χ2n) is 5.13. The maximum Gasteiger partial charge on any atom is 0.246 e. The maximum atomic E-state index is 12.6. The summed E-state index contributed by atoms with van der Waals surface area (Å²) >= 11 is 5.81. The summed E-state index contributed by atoms with van der Waals surface area (Å²) < 4.78 is 0. The van der Waals surface area contributed by atoms with Crippen LogP contribution in [0.3, 0.4) is 0 Å². The Morgan fingerprint density at radius 3 is 2.50 bits per heavy atom. The number of benzene rings is 1. The van der Waals surface area contributed by atoms with Gasteiger partial charge in [0, 0.05) is 29.1 Å². The number of carbonyl (C=O) groups is 2. The molecular weight excluding hydrogens is 324 g/mol. The van der Waals surface area contributed by atoms with Gasteiger partial charge in [-0.05, 0) is 24.1 Å². The third-order valence-corrected chi connectivity index (χ3v) is 3.60. The monoisotopic (exact) mass is 342 g/mol. The van der Waals surface area contributed by atoms with Gasteiger partial charge in [-0.3, -0.25) is 9.59 Å². The quantitative estimate of drug-likeness (QED) is 0.258. The van der Waals surface area contributed by atoms with Crippen molar-refractivity contribution in [2.45, 2.75) is 13.3 Å². The molecule has 0 aliphatic heterocycles. The normalized spacial score (nSPS) is 10.6. The van der Waals surface area contributed by atoms with Gasteiger partial charge in [-0.1, -0.05) is 37.4 Å². The SMILES string of the molecule is C=C(/C=C(\C)C(=O)NCCC#N)C(=O)c1ccccc1C(=C)CCl. The van der Waals surface area contributed by atoms with Gasteiger partial charge in [0.25, 0.3) is 0 Å². The fraction of sp³-hybridized carbons (Fsp3) is 0.211. The zero-order chi connectivity index (χ0) is 18.1. The molecule has 24 heavy (non-hydrogen) atoms. The van der Waals surface area contributed by atoms with Gasteiger partial charge in [0.1, 0.15) is 0 Å². The van der Waals surface area contributed by atoms with Crippen molar-refractivity contribution in [2.75, 3.05) is 12.4 Å². The van der Waals surface area contributed by atoms with Crippen LogP contribution in [0, 0.1) is 11.3 Å². The third-order valence-electron chi connectivity index (χ3n) is 3.28. The van der Waals surface area contributed by atoms with Crippen LogP contribution in [0.4, 0.5) is 0 Å². The van der Waals surface area contributed by atoms with Gasteiger partial charge in [0.2, 0.25) is 5.91 Å². The highest BCUT2D eigenvalue weighted by Crippen LogP contribution is 2.22. The Bertz CT molecular complexity index is 742. The van der Waals surface area contributed by atoms with E-state index in [9.17, 15) is 9.59 Å². The van der Waals surface area contributed by atoms with Crippen LogP contribution in [0.15, 0.2) is 54.6 Å². The molecule has 0 bridgehead atoms. The Balaban J connectivity index is 2.95. The Morgan fingerprint density at radius 2 is 1.92 bits per heavy atom. The van der Waals surface area contributed by atoms with Gasteiger partial charge < -0.3 is 5.32 Å². The second kappa shape index (κ2) is 9.49. The first-order chi connectivity index (χ1) is 11.4. The van der Waals surface area contributed by atoms with Crippen molar-refractivity contribution in [1.82, 2.24) is 5.32 Å². The molecular formula is C19H19ClN2O2. The van der Waals surface area contributed by atoms with Crippen molar-refractivity contribution in [2.24, 2.45) is 0 Å². The summed E-state index contributed by atoms with van der Waals surface area (Å²) in [6, 6.07) is 8.94. The minimum absolute atomic E-state index is 0.192. The van der Waals surface area contributed by atoms with E-state index in [-0.39, 0.29) is 36.1 Å². The summed E-state index contributed by atoms with van der Waals surface area (Å²) in [6.45, 7) is 9.46. The molecule has 0 saturated heterocycles. The molecule has 1 aromatic rings. The number of hydrogen-bond donors (Lipinski definition) is 1. The minimum Gasteiger partial charge on any atom is -0.351 e. The molecule has 0 saturated carbocycles. The fourth-order valence-electron chi connectivity index (χ4n) is 2.00. The van der Waals surface area contributed by atoms with E-state index in [2.05, 4.69) is 18.5 Å². The van der Waals surface area contributed by atoms with Gasteiger partial charge in [0.05, 0.1) is 12.5 Å². The zero-order valence-electron chi connectivity index (χ0n) is 13.6. The molecule has 1 rings (SSSR count). The molecule has 4 nitrogen and oxygen atoms in total. The lowest BCUT2D eigenvalue weighted by molar-refractivity contribution is -0.117. The molecule has 0 aromatic heterocycles. The Morgan fingerprint density at radius 1 is 1.29 bits per heavy atom. The smallest absolute Gasteiger partial charge is 0.246 e. The van der Waals surface area contributed by atoms with E-state index in [1.54, 1.807) is 31.2 Å². The lowest BCUT2D eigenvalue weighted by Gasteiger charge is -2.10. The van der Waals surface area contributed by atoms with Crippen molar-refractivity contribution < 1.29 is 9.59 Å². The average molecular weight is 343 g/mol. The number of nitrogens with one attached hydrogen (secondary N) is 1. The van der Waals surface area contributed by atoms with Gasteiger partial charge >= 0.3 is 0 Å². The van der Waals surface area contributed by atoms with Crippen molar-refractivity contribution in [3.63, 3.8) is 0 Å². The topological polar surface area (TPSA) is 70.0 Å². The average Bonchev–Trinajstić information content (AvgIpc) is 2.60. The summed E-state index contributed by atoms with van der Waals surface area (Å²) in [5.41, 5.74) is 2.30.